The average Bonchev–Trinajstić information content (AvgIpc) is 3.09. The Morgan fingerprint density at radius 2 is 2.53 bits per heavy atom. The van der Waals surface area contributed by atoms with Crippen molar-refractivity contribution in [2.24, 2.45) is 0 Å². The summed E-state index contributed by atoms with van der Waals surface area (Å²) >= 11 is 1.66. The molecule has 5 nitrogen and oxygen atoms in total. The molecule has 3 heterocycles. The summed E-state index contributed by atoms with van der Waals surface area (Å²) in [6.07, 6.45) is 2.27. The number of hydrogen-bond acceptors (Lipinski definition) is 5. The van der Waals surface area contributed by atoms with Gasteiger partial charge in [-0.15, -0.1) is 11.3 Å². The maximum atomic E-state index is 11.9. The predicted molar refractivity (Wildman–Crippen MR) is 72.0 cm³/mol. The quantitative estimate of drug-likeness (QED) is 0.837. The van der Waals surface area contributed by atoms with Gasteiger partial charge in [-0.1, -0.05) is 6.07 Å². The number of aromatic amines is 1. The minimum atomic E-state index is -0.319. The maximum Gasteiger partial charge on any atom is 0.323 e. The van der Waals surface area contributed by atoms with Crippen LogP contribution >= 0.6 is 11.3 Å². The first kappa shape index (κ1) is 12.4. The number of ether oxygens (including phenoxy) is 1. The first-order valence-electron chi connectivity index (χ1n) is 6.27. The van der Waals surface area contributed by atoms with E-state index >= 15 is 0 Å². The standard InChI is InChI=1S/C13H15N3O2S/c1-2-18-13(17)9-6-8-11(15-7-14-8)12(16-9)10-4-3-5-19-10/h3-5,7,9,12,16H,2,6H2,1H3,(H,14,15)/t9-,12-/m0/s1. The molecule has 2 aromatic heterocycles. The van der Waals surface area contributed by atoms with E-state index in [2.05, 4.69) is 15.3 Å². The molecule has 0 bridgehead atoms. The summed E-state index contributed by atoms with van der Waals surface area (Å²) < 4.78 is 5.11. The minimum absolute atomic E-state index is 0.0376. The summed E-state index contributed by atoms with van der Waals surface area (Å²) in [6.45, 7) is 2.22. The van der Waals surface area contributed by atoms with Crippen molar-refractivity contribution < 1.29 is 9.53 Å². The number of aromatic nitrogens is 2. The van der Waals surface area contributed by atoms with Crippen LogP contribution in [-0.4, -0.2) is 28.6 Å². The Bertz CT molecular complexity index is 564. The highest BCUT2D eigenvalue weighted by atomic mass is 32.1. The van der Waals surface area contributed by atoms with E-state index in [4.69, 9.17) is 4.74 Å². The lowest BCUT2D eigenvalue weighted by Gasteiger charge is -2.28. The van der Waals surface area contributed by atoms with E-state index in [9.17, 15) is 4.79 Å². The summed E-state index contributed by atoms with van der Waals surface area (Å²) in [5, 5.41) is 5.36. The summed E-state index contributed by atoms with van der Waals surface area (Å²) in [5.41, 5.74) is 1.98. The Kier molecular flexibility index (Phi) is 3.35. The fourth-order valence-corrected chi connectivity index (χ4v) is 3.14. The van der Waals surface area contributed by atoms with E-state index in [0.29, 0.717) is 13.0 Å². The number of hydrogen-bond donors (Lipinski definition) is 2. The predicted octanol–water partition coefficient (Wildman–Crippen LogP) is 1.64. The third kappa shape index (κ3) is 2.29. The highest BCUT2D eigenvalue weighted by Gasteiger charge is 2.34. The van der Waals surface area contributed by atoms with Gasteiger partial charge in [0, 0.05) is 17.0 Å². The Morgan fingerprint density at radius 1 is 1.63 bits per heavy atom. The van der Waals surface area contributed by atoms with Gasteiger partial charge in [-0.2, -0.15) is 0 Å². The molecule has 0 fully saturated rings. The van der Waals surface area contributed by atoms with Crippen LogP contribution < -0.4 is 5.32 Å². The van der Waals surface area contributed by atoms with Crippen LogP contribution in [0.4, 0.5) is 0 Å². The summed E-state index contributed by atoms with van der Waals surface area (Å²) in [7, 11) is 0. The lowest BCUT2D eigenvalue weighted by molar-refractivity contribution is -0.146. The molecule has 3 rings (SSSR count). The number of thiophene rings is 1. The van der Waals surface area contributed by atoms with Crippen LogP contribution in [0.2, 0.25) is 0 Å². The molecule has 0 saturated carbocycles. The van der Waals surface area contributed by atoms with E-state index in [-0.39, 0.29) is 18.1 Å². The number of rotatable bonds is 3. The van der Waals surface area contributed by atoms with E-state index in [1.165, 1.54) is 0 Å². The Labute approximate surface area is 115 Å². The molecule has 100 valence electrons. The lowest BCUT2D eigenvalue weighted by Crippen LogP contribution is -2.45. The zero-order valence-corrected chi connectivity index (χ0v) is 11.4. The Balaban J connectivity index is 1.90. The van der Waals surface area contributed by atoms with Crippen molar-refractivity contribution in [2.45, 2.75) is 25.4 Å². The monoisotopic (exact) mass is 277 g/mol. The third-order valence-corrected chi connectivity index (χ3v) is 4.14. The first-order valence-corrected chi connectivity index (χ1v) is 7.15. The number of esters is 1. The van der Waals surface area contributed by atoms with Crippen LogP contribution in [0.5, 0.6) is 0 Å². The van der Waals surface area contributed by atoms with Crippen molar-refractivity contribution in [1.29, 1.82) is 0 Å². The third-order valence-electron chi connectivity index (χ3n) is 3.20. The molecule has 0 radical (unpaired) electrons. The molecule has 19 heavy (non-hydrogen) atoms. The molecule has 1 aliphatic heterocycles. The number of fused-ring (bicyclic) bond motifs is 1. The number of imidazole rings is 1. The topological polar surface area (TPSA) is 67.0 Å². The average molecular weight is 277 g/mol. The van der Waals surface area contributed by atoms with Crippen LogP contribution in [-0.2, 0) is 16.0 Å². The molecule has 0 aromatic carbocycles. The van der Waals surface area contributed by atoms with Gasteiger partial charge < -0.3 is 9.72 Å². The molecule has 0 saturated heterocycles. The van der Waals surface area contributed by atoms with E-state index < -0.39 is 0 Å². The maximum absolute atomic E-state index is 11.9. The fraction of sp³-hybridized carbons (Fsp3) is 0.385. The van der Waals surface area contributed by atoms with E-state index in [0.717, 1.165) is 16.3 Å². The molecular weight excluding hydrogens is 262 g/mol. The molecular formula is C13H15N3O2S. The SMILES string of the molecule is CCOC(=O)[C@@H]1Cc2[nH]cnc2[C@H](c2cccs2)N1. The van der Waals surface area contributed by atoms with Crippen molar-refractivity contribution in [2.75, 3.05) is 6.61 Å². The van der Waals surface area contributed by atoms with E-state index in [1.54, 1.807) is 17.7 Å². The second-order valence-electron chi connectivity index (χ2n) is 4.39. The molecule has 2 atom stereocenters. The van der Waals surface area contributed by atoms with Gasteiger partial charge in [0.25, 0.3) is 0 Å². The van der Waals surface area contributed by atoms with Gasteiger partial charge in [-0.25, -0.2) is 4.98 Å². The second-order valence-corrected chi connectivity index (χ2v) is 5.37. The second kappa shape index (κ2) is 5.14. The highest BCUT2D eigenvalue weighted by Crippen LogP contribution is 2.31. The zero-order chi connectivity index (χ0) is 13.2. The number of nitrogens with one attached hydrogen (secondary N) is 2. The van der Waals surface area contributed by atoms with Gasteiger partial charge in [0.2, 0.25) is 0 Å². The zero-order valence-electron chi connectivity index (χ0n) is 10.6. The largest absolute Gasteiger partial charge is 0.465 e. The fourth-order valence-electron chi connectivity index (χ4n) is 2.35. The van der Waals surface area contributed by atoms with E-state index in [1.807, 2.05) is 24.4 Å². The normalized spacial score (nSPS) is 21.9. The van der Waals surface area contributed by atoms with Crippen molar-refractivity contribution >= 4 is 17.3 Å². The van der Waals surface area contributed by atoms with Crippen LogP contribution in [0.25, 0.3) is 0 Å². The summed E-state index contributed by atoms with van der Waals surface area (Å²) in [6, 6.07) is 3.69. The van der Waals surface area contributed by atoms with Crippen molar-refractivity contribution in [3.63, 3.8) is 0 Å². The van der Waals surface area contributed by atoms with Crippen LogP contribution in [0.3, 0.4) is 0 Å². The van der Waals surface area contributed by atoms with Crippen LogP contribution in [0.1, 0.15) is 29.2 Å². The number of carbonyl (C=O) groups is 1. The summed E-state index contributed by atoms with van der Waals surface area (Å²) in [5.74, 6) is -0.204. The molecule has 0 amide bonds. The van der Waals surface area contributed by atoms with Crippen molar-refractivity contribution in [3.8, 4) is 0 Å². The molecule has 0 unspecified atom stereocenters. The Morgan fingerprint density at radius 3 is 3.26 bits per heavy atom. The van der Waals surface area contributed by atoms with Crippen LogP contribution in [0.15, 0.2) is 23.8 Å². The molecule has 2 N–H and O–H groups in total. The Hall–Kier alpha value is -1.66. The van der Waals surface area contributed by atoms with Gasteiger partial charge in [0.15, 0.2) is 0 Å². The molecule has 6 heteroatoms. The van der Waals surface area contributed by atoms with Gasteiger partial charge in [0.05, 0.1) is 24.7 Å². The van der Waals surface area contributed by atoms with Crippen molar-refractivity contribution in [3.05, 3.63) is 40.1 Å². The molecule has 1 aliphatic rings. The number of nitrogens with zero attached hydrogens (tertiary/aromatic N) is 1. The lowest BCUT2D eigenvalue weighted by atomic mass is 9.98. The molecule has 2 aromatic rings. The van der Waals surface area contributed by atoms with Crippen molar-refractivity contribution in [1.82, 2.24) is 15.3 Å². The summed E-state index contributed by atoms with van der Waals surface area (Å²) in [4.78, 5) is 20.6. The smallest absolute Gasteiger partial charge is 0.323 e. The highest BCUT2D eigenvalue weighted by molar-refractivity contribution is 7.10. The minimum Gasteiger partial charge on any atom is -0.465 e. The number of carbonyl (C=O) groups excluding carboxylic acids is 1. The molecule has 0 aliphatic carbocycles. The van der Waals surface area contributed by atoms with Gasteiger partial charge in [0.1, 0.15) is 6.04 Å². The number of H-pyrrole nitrogens is 1. The molecule has 0 spiro atoms. The van der Waals surface area contributed by atoms with Gasteiger partial charge in [-0.3, -0.25) is 10.1 Å². The van der Waals surface area contributed by atoms with Crippen LogP contribution in [0, 0.1) is 0 Å². The first-order chi connectivity index (χ1) is 9.29. The van der Waals surface area contributed by atoms with Gasteiger partial charge in [-0.05, 0) is 18.4 Å². The van der Waals surface area contributed by atoms with Gasteiger partial charge >= 0.3 is 5.97 Å².